The molecule has 0 fully saturated rings. The van der Waals surface area contributed by atoms with Crippen molar-refractivity contribution in [2.24, 2.45) is 0 Å². The van der Waals surface area contributed by atoms with E-state index in [-0.39, 0.29) is 12.8 Å². The zero-order valence-corrected chi connectivity index (χ0v) is 14.7. The maximum Gasteiger partial charge on any atom is 0.158 e. The first kappa shape index (κ1) is 18.8. The van der Waals surface area contributed by atoms with Gasteiger partial charge in [-0.2, -0.15) is 0 Å². The Kier molecular flexibility index (Phi) is 5.90. The van der Waals surface area contributed by atoms with Gasteiger partial charge >= 0.3 is 0 Å². The molecule has 2 nitrogen and oxygen atoms in total. The van der Waals surface area contributed by atoms with Gasteiger partial charge in [0.2, 0.25) is 0 Å². The number of ether oxygens (including phenoxy) is 1. The van der Waals surface area contributed by atoms with Crippen LogP contribution in [0.5, 0.6) is 5.75 Å². The van der Waals surface area contributed by atoms with E-state index >= 15 is 0 Å². The first-order chi connectivity index (χ1) is 11.2. The second kappa shape index (κ2) is 7.55. The Morgan fingerprint density at radius 1 is 1.17 bits per heavy atom. The molecule has 0 aromatic heterocycles. The van der Waals surface area contributed by atoms with Crippen LogP contribution in [0.3, 0.4) is 0 Å². The summed E-state index contributed by atoms with van der Waals surface area (Å²) in [4.78, 5) is 12.4. The minimum atomic E-state index is 0. The van der Waals surface area contributed by atoms with E-state index in [9.17, 15) is 4.79 Å². The van der Waals surface area contributed by atoms with Crippen LogP contribution < -0.4 is 4.74 Å². The second-order valence-corrected chi connectivity index (χ2v) is 6.94. The number of hydrogen-bond donors (Lipinski definition) is 0. The summed E-state index contributed by atoms with van der Waals surface area (Å²) in [5.74, 6) is 1.34. The highest BCUT2D eigenvalue weighted by molar-refractivity contribution is 5.98. The largest absolute Gasteiger partial charge is 0.497 e. The molecule has 0 heterocycles. The molecule has 3 rings (SSSR count). The lowest BCUT2D eigenvalue weighted by atomic mass is 9.58. The number of methoxy groups -OCH3 is 1. The van der Waals surface area contributed by atoms with Gasteiger partial charge in [0.15, 0.2) is 5.78 Å². The Hall–Kier alpha value is -1.57. The highest BCUT2D eigenvalue weighted by Crippen LogP contribution is 2.52. The third kappa shape index (κ3) is 2.92. The third-order valence-electron chi connectivity index (χ3n) is 5.84. The van der Waals surface area contributed by atoms with Gasteiger partial charge in [-0.25, -0.2) is 0 Å². The smallest absolute Gasteiger partial charge is 0.158 e. The molecule has 1 unspecified atom stereocenters. The molecule has 0 radical (unpaired) electrons. The Bertz CT molecular complexity index is 641. The summed E-state index contributed by atoms with van der Waals surface area (Å²) in [7, 11) is 1.73. The summed E-state index contributed by atoms with van der Waals surface area (Å²) >= 11 is 0. The predicted molar refractivity (Wildman–Crippen MR) is 101 cm³/mol. The zero-order valence-electron chi connectivity index (χ0n) is 14.7. The lowest BCUT2D eigenvalue weighted by Gasteiger charge is -2.45. The summed E-state index contributed by atoms with van der Waals surface area (Å²) in [6.07, 6.45) is 8.26. The molecule has 132 valence electrons. The fourth-order valence-electron chi connectivity index (χ4n) is 4.70. The molecule has 1 atom stereocenters. The number of aryl methyl sites for hydroxylation is 1. The average molecular weight is 328 g/mol. The lowest BCUT2D eigenvalue weighted by Crippen LogP contribution is -2.39. The minimum Gasteiger partial charge on any atom is -0.497 e. The standard InChI is InChI=1S/C21H28O2.CH4/c1-4-6-12-21-13-11-20(22)17(5-2)19(21)9-7-15-14-16(23-3)8-10-18(15)21;/h8,10,14H,4-7,9,11-13H2,1-3H3;1H4. The number of hydrogen-bond acceptors (Lipinski definition) is 2. The molecule has 2 aliphatic carbocycles. The van der Waals surface area contributed by atoms with Crippen molar-refractivity contribution in [3.63, 3.8) is 0 Å². The number of allylic oxidation sites excluding steroid dienone is 2. The molecule has 1 aromatic rings. The Morgan fingerprint density at radius 3 is 2.62 bits per heavy atom. The van der Waals surface area contributed by atoms with Crippen LogP contribution in [0.2, 0.25) is 0 Å². The molecule has 24 heavy (non-hydrogen) atoms. The first-order valence-electron chi connectivity index (χ1n) is 9.09. The van der Waals surface area contributed by atoms with E-state index in [1.54, 1.807) is 7.11 Å². The van der Waals surface area contributed by atoms with Crippen molar-refractivity contribution in [2.75, 3.05) is 7.11 Å². The molecule has 0 bridgehead atoms. The van der Waals surface area contributed by atoms with Crippen LogP contribution in [0, 0.1) is 0 Å². The summed E-state index contributed by atoms with van der Waals surface area (Å²) in [6, 6.07) is 6.57. The van der Waals surface area contributed by atoms with E-state index < -0.39 is 0 Å². The Morgan fingerprint density at radius 2 is 1.96 bits per heavy atom. The lowest BCUT2D eigenvalue weighted by molar-refractivity contribution is -0.116. The molecule has 0 saturated heterocycles. The summed E-state index contributed by atoms with van der Waals surface area (Å²) in [5, 5.41) is 0. The molecule has 1 aromatic carbocycles. The number of fused-ring (bicyclic) bond motifs is 3. The van der Waals surface area contributed by atoms with E-state index in [1.807, 2.05) is 0 Å². The van der Waals surface area contributed by atoms with Crippen LogP contribution in [0.25, 0.3) is 0 Å². The van der Waals surface area contributed by atoms with Gasteiger partial charge in [-0.1, -0.05) is 45.8 Å². The minimum absolute atomic E-state index is 0. The first-order valence-corrected chi connectivity index (χ1v) is 9.09. The molecule has 2 aliphatic rings. The molecule has 0 spiro atoms. The molecule has 0 N–H and O–H groups in total. The van der Waals surface area contributed by atoms with Crippen LogP contribution in [0.1, 0.15) is 77.3 Å². The number of carbonyl (C=O) groups is 1. The van der Waals surface area contributed by atoms with E-state index in [4.69, 9.17) is 4.74 Å². The molecular weight excluding hydrogens is 296 g/mol. The van der Waals surface area contributed by atoms with Crippen molar-refractivity contribution in [1.29, 1.82) is 0 Å². The maximum absolute atomic E-state index is 12.4. The van der Waals surface area contributed by atoms with Crippen LogP contribution in [0.4, 0.5) is 0 Å². The van der Waals surface area contributed by atoms with Gasteiger partial charge in [0.1, 0.15) is 5.75 Å². The van der Waals surface area contributed by atoms with Gasteiger partial charge in [-0.05, 0) is 60.9 Å². The van der Waals surface area contributed by atoms with Gasteiger partial charge in [0, 0.05) is 11.8 Å². The normalized spacial score (nSPS) is 22.5. The molecule has 0 amide bonds. The predicted octanol–water partition coefficient (Wildman–Crippen LogP) is 5.78. The highest BCUT2D eigenvalue weighted by atomic mass is 16.5. The van der Waals surface area contributed by atoms with Crippen molar-refractivity contribution < 1.29 is 9.53 Å². The highest BCUT2D eigenvalue weighted by Gasteiger charge is 2.44. The van der Waals surface area contributed by atoms with Crippen molar-refractivity contribution >= 4 is 5.78 Å². The summed E-state index contributed by atoms with van der Waals surface area (Å²) in [6.45, 7) is 4.40. The third-order valence-corrected chi connectivity index (χ3v) is 5.84. The monoisotopic (exact) mass is 328 g/mol. The van der Waals surface area contributed by atoms with Crippen molar-refractivity contribution in [1.82, 2.24) is 0 Å². The fraction of sp³-hybridized carbons (Fsp3) is 0.591. The van der Waals surface area contributed by atoms with E-state index in [1.165, 1.54) is 36.0 Å². The summed E-state index contributed by atoms with van der Waals surface area (Å²) < 4.78 is 5.42. The van der Waals surface area contributed by atoms with Crippen LogP contribution in [-0.2, 0) is 16.6 Å². The molecule has 0 saturated carbocycles. The number of carbonyl (C=O) groups excluding carboxylic acids is 1. The average Bonchev–Trinajstić information content (AvgIpc) is 2.59. The zero-order chi connectivity index (χ0) is 16.4. The van der Waals surface area contributed by atoms with Gasteiger partial charge < -0.3 is 4.74 Å². The number of Topliss-reactive ketones (excluding diaryl/α,β-unsaturated/α-hetero) is 1. The molecule has 2 heteroatoms. The number of benzene rings is 1. The van der Waals surface area contributed by atoms with Gasteiger partial charge in [-0.15, -0.1) is 0 Å². The fourth-order valence-corrected chi connectivity index (χ4v) is 4.70. The van der Waals surface area contributed by atoms with Gasteiger partial charge in [0.25, 0.3) is 0 Å². The van der Waals surface area contributed by atoms with E-state index in [0.29, 0.717) is 12.2 Å². The molecular formula is C22H32O2. The van der Waals surface area contributed by atoms with Crippen molar-refractivity contribution in [3.05, 3.63) is 40.5 Å². The van der Waals surface area contributed by atoms with Gasteiger partial charge in [-0.3, -0.25) is 4.79 Å². The quantitative estimate of drug-likeness (QED) is 0.685. The number of unbranched alkanes of at least 4 members (excludes halogenated alkanes) is 1. The van der Waals surface area contributed by atoms with E-state index in [2.05, 4.69) is 32.0 Å². The van der Waals surface area contributed by atoms with Crippen molar-refractivity contribution in [3.8, 4) is 5.75 Å². The number of rotatable bonds is 5. The van der Waals surface area contributed by atoms with Crippen molar-refractivity contribution in [2.45, 2.75) is 78.1 Å². The SMILES string of the molecule is C.CCCCC12CCC(=O)C(CC)=C1CCc1cc(OC)ccc12. The second-order valence-electron chi connectivity index (χ2n) is 6.94. The summed E-state index contributed by atoms with van der Waals surface area (Å²) in [5.41, 5.74) is 5.59. The van der Waals surface area contributed by atoms with Gasteiger partial charge in [0.05, 0.1) is 7.11 Å². The van der Waals surface area contributed by atoms with Crippen LogP contribution in [-0.4, -0.2) is 12.9 Å². The topological polar surface area (TPSA) is 26.3 Å². The Labute approximate surface area is 147 Å². The van der Waals surface area contributed by atoms with E-state index in [0.717, 1.165) is 37.0 Å². The molecule has 0 aliphatic heterocycles. The number of ketones is 1. The van der Waals surface area contributed by atoms with Crippen LogP contribution >= 0.6 is 0 Å². The Balaban J connectivity index is 0.00000208. The maximum atomic E-state index is 12.4. The van der Waals surface area contributed by atoms with Crippen LogP contribution in [0.15, 0.2) is 29.3 Å².